The quantitative estimate of drug-likeness (QED) is 0.383. The van der Waals surface area contributed by atoms with Gasteiger partial charge in [-0.05, 0) is 43.7 Å². The SMILES string of the molecule is Cc1cc(N2C(=O)C(O)=C(C(=O)c3ccc(C)o3)[C@H]2c2ccc([N+](=O)[O-])cc2)no1. The van der Waals surface area contributed by atoms with Crippen molar-refractivity contribution in [3.8, 4) is 0 Å². The highest BCUT2D eigenvalue weighted by atomic mass is 16.6. The lowest BCUT2D eigenvalue weighted by Crippen LogP contribution is -2.31. The van der Waals surface area contributed by atoms with Crippen LogP contribution >= 0.6 is 0 Å². The Balaban J connectivity index is 1.86. The molecule has 1 N–H and O–H groups in total. The van der Waals surface area contributed by atoms with Crippen LogP contribution < -0.4 is 4.90 Å². The van der Waals surface area contributed by atoms with E-state index >= 15 is 0 Å². The van der Waals surface area contributed by atoms with Crippen molar-refractivity contribution in [3.63, 3.8) is 0 Å². The molecule has 10 nitrogen and oxygen atoms in total. The molecule has 0 radical (unpaired) electrons. The number of aliphatic hydroxyl groups is 1. The fourth-order valence-electron chi connectivity index (χ4n) is 3.32. The second kappa shape index (κ2) is 6.99. The van der Waals surface area contributed by atoms with Gasteiger partial charge in [0.1, 0.15) is 11.5 Å². The normalized spacial score (nSPS) is 16.4. The molecule has 0 saturated carbocycles. The number of aromatic nitrogens is 1. The molecule has 10 heteroatoms. The predicted octanol–water partition coefficient (Wildman–Crippen LogP) is 3.58. The average Bonchev–Trinajstić information content (AvgIpc) is 3.40. The summed E-state index contributed by atoms with van der Waals surface area (Å²) >= 11 is 0. The molecule has 152 valence electrons. The predicted molar refractivity (Wildman–Crippen MR) is 102 cm³/mol. The van der Waals surface area contributed by atoms with Gasteiger partial charge in [0.25, 0.3) is 11.6 Å². The standard InChI is InChI=1S/C20H15N3O7/c1-10-3-8-14(29-10)18(24)16-17(12-4-6-13(7-5-12)23(27)28)22(20(26)19(16)25)15-9-11(2)30-21-15/h3-9,17,25H,1-2H3/t17-/m1/s1. The van der Waals surface area contributed by atoms with Gasteiger partial charge in [-0.15, -0.1) is 0 Å². The first-order chi connectivity index (χ1) is 14.3. The van der Waals surface area contributed by atoms with Gasteiger partial charge >= 0.3 is 0 Å². The number of carbonyl (C=O) groups excluding carboxylic acids is 2. The van der Waals surface area contributed by atoms with Gasteiger partial charge in [-0.1, -0.05) is 5.16 Å². The van der Waals surface area contributed by atoms with Crippen LogP contribution in [0.2, 0.25) is 0 Å². The number of benzene rings is 1. The molecule has 0 saturated heterocycles. The number of rotatable bonds is 5. The molecule has 1 amide bonds. The van der Waals surface area contributed by atoms with Crippen LogP contribution in [-0.4, -0.2) is 26.9 Å². The van der Waals surface area contributed by atoms with Gasteiger partial charge in [0.2, 0.25) is 5.78 Å². The lowest BCUT2D eigenvalue weighted by Gasteiger charge is -2.24. The molecule has 0 fully saturated rings. The Bertz CT molecular complexity index is 1200. The molecular weight excluding hydrogens is 394 g/mol. The van der Waals surface area contributed by atoms with Crippen LogP contribution in [0.15, 0.2) is 62.7 Å². The highest BCUT2D eigenvalue weighted by Crippen LogP contribution is 2.42. The van der Waals surface area contributed by atoms with Crippen molar-refractivity contribution in [1.29, 1.82) is 0 Å². The highest BCUT2D eigenvalue weighted by Gasteiger charge is 2.46. The van der Waals surface area contributed by atoms with Crippen molar-refractivity contribution in [2.45, 2.75) is 19.9 Å². The summed E-state index contributed by atoms with van der Waals surface area (Å²) in [5.74, 6) is -1.34. The minimum absolute atomic E-state index is 0.0491. The Hall–Kier alpha value is -4.21. The number of nitrogens with zero attached hydrogens (tertiary/aromatic N) is 3. The van der Waals surface area contributed by atoms with E-state index in [-0.39, 0.29) is 22.8 Å². The summed E-state index contributed by atoms with van der Waals surface area (Å²) < 4.78 is 10.4. The van der Waals surface area contributed by atoms with Gasteiger partial charge in [0, 0.05) is 18.2 Å². The van der Waals surface area contributed by atoms with Gasteiger partial charge < -0.3 is 14.0 Å². The molecule has 4 rings (SSSR count). The summed E-state index contributed by atoms with van der Waals surface area (Å²) in [5.41, 5.74) is -0.0104. The van der Waals surface area contributed by atoms with Gasteiger partial charge in [-0.2, -0.15) is 0 Å². The zero-order chi connectivity index (χ0) is 21.6. The molecule has 1 atom stereocenters. The summed E-state index contributed by atoms with van der Waals surface area (Å²) in [4.78, 5) is 37.5. The molecule has 1 aliphatic heterocycles. The number of Topliss-reactive ketones (excluding diaryl/α,β-unsaturated/α-hetero) is 1. The van der Waals surface area contributed by atoms with E-state index in [1.54, 1.807) is 19.9 Å². The topological polar surface area (TPSA) is 140 Å². The van der Waals surface area contributed by atoms with Crippen LogP contribution in [0, 0.1) is 24.0 Å². The number of nitro groups is 1. The minimum atomic E-state index is -1.08. The Kier molecular flexibility index (Phi) is 4.46. The van der Waals surface area contributed by atoms with Gasteiger partial charge in [0.05, 0.1) is 16.5 Å². The molecular formula is C20H15N3O7. The third-order valence-corrected chi connectivity index (χ3v) is 4.70. The first kappa shape index (κ1) is 19.1. The van der Waals surface area contributed by atoms with E-state index in [0.29, 0.717) is 17.1 Å². The molecule has 2 aromatic heterocycles. The van der Waals surface area contributed by atoms with E-state index in [1.165, 1.54) is 36.4 Å². The van der Waals surface area contributed by atoms with Crippen molar-refractivity contribution in [2.75, 3.05) is 4.90 Å². The maximum Gasteiger partial charge on any atom is 0.295 e. The minimum Gasteiger partial charge on any atom is -0.503 e. The number of aliphatic hydroxyl groups excluding tert-OH is 1. The average molecular weight is 409 g/mol. The van der Waals surface area contributed by atoms with Crippen LogP contribution in [0.1, 0.15) is 33.7 Å². The number of hydrogen-bond donors (Lipinski definition) is 1. The zero-order valence-electron chi connectivity index (χ0n) is 15.9. The van der Waals surface area contributed by atoms with E-state index in [1.807, 2.05) is 0 Å². The fraction of sp³-hybridized carbons (Fsp3) is 0.150. The van der Waals surface area contributed by atoms with Crippen molar-refractivity contribution in [1.82, 2.24) is 5.16 Å². The maximum absolute atomic E-state index is 13.1. The second-order valence-corrected chi connectivity index (χ2v) is 6.72. The molecule has 0 unspecified atom stereocenters. The number of carbonyl (C=O) groups is 2. The first-order valence-electron chi connectivity index (χ1n) is 8.83. The molecule has 30 heavy (non-hydrogen) atoms. The molecule has 0 spiro atoms. The second-order valence-electron chi connectivity index (χ2n) is 6.72. The number of non-ortho nitro benzene ring substituents is 1. The number of nitro benzene ring substituents is 1. The summed E-state index contributed by atoms with van der Waals surface area (Å²) in [6.45, 7) is 3.28. The summed E-state index contributed by atoms with van der Waals surface area (Å²) in [5, 5.41) is 25.4. The Morgan fingerprint density at radius 1 is 1.17 bits per heavy atom. The fourth-order valence-corrected chi connectivity index (χ4v) is 3.32. The molecule has 1 aliphatic rings. The Morgan fingerprint density at radius 2 is 1.87 bits per heavy atom. The zero-order valence-corrected chi connectivity index (χ0v) is 15.9. The van der Waals surface area contributed by atoms with Gasteiger partial charge in [0.15, 0.2) is 17.3 Å². The number of anilines is 1. The van der Waals surface area contributed by atoms with Crippen molar-refractivity contribution in [2.24, 2.45) is 0 Å². The van der Waals surface area contributed by atoms with Crippen molar-refractivity contribution in [3.05, 3.63) is 86.8 Å². The van der Waals surface area contributed by atoms with E-state index in [2.05, 4.69) is 5.16 Å². The van der Waals surface area contributed by atoms with E-state index < -0.39 is 28.4 Å². The Labute approximate surface area is 169 Å². The van der Waals surface area contributed by atoms with Crippen LogP contribution in [0.4, 0.5) is 11.5 Å². The number of aryl methyl sites for hydroxylation is 2. The summed E-state index contributed by atoms with van der Waals surface area (Å²) in [7, 11) is 0. The molecule has 3 aromatic rings. The third kappa shape index (κ3) is 3.04. The highest BCUT2D eigenvalue weighted by molar-refractivity contribution is 6.19. The molecule has 1 aromatic carbocycles. The maximum atomic E-state index is 13.1. The largest absolute Gasteiger partial charge is 0.503 e. The molecule has 3 heterocycles. The van der Waals surface area contributed by atoms with Crippen molar-refractivity contribution < 1.29 is 28.6 Å². The molecule has 0 bridgehead atoms. The van der Waals surface area contributed by atoms with Crippen molar-refractivity contribution >= 4 is 23.2 Å². The third-order valence-electron chi connectivity index (χ3n) is 4.70. The van der Waals surface area contributed by atoms with Crippen LogP contribution in [0.25, 0.3) is 0 Å². The summed E-state index contributed by atoms with van der Waals surface area (Å²) in [6, 6.07) is 8.75. The van der Waals surface area contributed by atoms with Crippen LogP contribution in [0.3, 0.4) is 0 Å². The number of ketones is 1. The molecule has 0 aliphatic carbocycles. The van der Waals surface area contributed by atoms with E-state index in [9.17, 15) is 24.8 Å². The van der Waals surface area contributed by atoms with Gasteiger partial charge in [-0.3, -0.25) is 24.6 Å². The summed E-state index contributed by atoms with van der Waals surface area (Å²) in [6.07, 6.45) is 0. The smallest absolute Gasteiger partial charge is 0.295 e. The number of hydrogen-bond acceptors (Lipinski definition) is 8. The Morgan fingerprint density at radius 3 is 2.40 bits per heavy atom. The van der Waals surface area contributed by atoms with Crippen LogP contribution in [-0.2, 0) is 4.79 Å². The first-order valence-corrected chi connectivity index (χ1v) is 8.83. The monoisotopic (exact) mass is 409 g/mol. The van der Waals surface area contributed by atoms with E-state index in [0.717, 1.165) is 4.90 Å². The number of amides is 1. The lowest BCUT2D eigenvalue weighted by molar-refractivity contribution is -0.384. The van der Waals surface area contributed by atoms with Gasteiger partial charge in [-0.25, -0.2) is 0 Å². The van der Waals surface area contributed by atoms with Crippen LogP contribution in [0.5, 0.6) is 0 Å². The lowest BCUT2D eigenvalue weighted by atomic mass is 9.95. The number of furan rings is 1. The van der Waals surface area contributed by atoms with E-state index in [4.69, 9.17) is 8.94 Å².